The standard InChI is InChI=1S/C21H18O4/c1-15(22)24-19-11-13-21(14-12-19)25-20-9-5-17(6-10-20)16-3-7-18(23-2)8-4-16/h3-14H,1-2H3. The number of hydrogen-bond donors (Lipinski definition) is 0. The normalized spacial score (nSPS) is 10.2. The minimum atomic E-state index is -0.345. The van der Waals surface area contributed by atoms with E-state index in [1.54, 1.807) is 31.4 Å². The van der Waals surface area contributed by atoms with Crippen LogP contribution in [0.4, 0.5) is 0 Å². The van der Waals surface area contributed by atoms with Gasteiger partial charge >= 0.3 is 5.97 Å². The van der Waals surface area contributed by atoms with Crippen LogP contribution >= 0.6 is 0 Å². The Morgan fingerprint density at radius 1 is 0.640 bits per heavy atom. The first-order chi connectivity index (χ1) is 12.1. The van der Waals surface area contributed by atoms with Crippen LogP contribution in [0.5, 0.6) is 23.0 Å². The molecule has 0 bridgehead atoms. The number of ether oxygens (including phenoxy) is 3. The van der Waals surface area contributed by atoms with Crippen molar-refractivity contribution in [3.8, 4) is 34.1 Å². The zero-order valence-electron chi connectivity index (χ0n) is 14.1. The Morgan fingerprint density at radius 2 is 1.04 bits per heavy atom. The predicted octanol–water partition coefficient (Wildman–Crippen LogP) is 5.08. The van der Waals surface area contributed by atoms with Crippen molar-refractivity contribution in [1.82, 2.24) is 0 Å². The summed E-state index contributed by atoms with van der Waals surface area (Å²) < 4.78 is 16.0. The van der Waals surface area contributed by atoms with E-state index in [0.29, 0.717) is 11.5 Å². The molecule has 3 aromatic rings. The third-order valence-corrected chi connectivity index (χ3v) is 3.60. The van der Waals surface area contributed by atoms with Gasteiger partial charge in [-0.25, -0.2) is 0 Å². The molecule has 4 nitrogen and oxygen atoms in total. The van der Waals surface area contributed by atoms with Crippen LogP contribution < -0.4 is 14.2 Å². The number of rotatable bonds is 5. The molecular formula is C21H18O4. The highest BCUT2D eigenvalue weighted by atomic mass is 16.5. The summed E-state index contributed by atoms with van der Waals surface area (Å²) in [4.78, 5) is 10.9. The quantitative estimate of drug-likeness (QED) is 0.482. The SMILES string of the molecule is COc1ccc(-c2ccc(Oc3ccc(OC(C)=O)cc3)cc2)cc1. The first kappa shape index (κ1) is 16.6. The van der Waals surface area contributed by atoms with E-state index in [1.165, 1.54) is 6.92 Å². The fourth-order valence-electron chi connectivity index (χ4n) is 2.38. The molecule has 0 aliphatic carbocycles. The highest BCUT2D eigenvalue weighted by molar-refractivity contribution is 5.69. The number of methoxy groups -OCH3 is 1. The smallest absolute Gasteiger partial charge is 0.308 e. The monoisotopic (exact) mass is 334 g/mol. The van der Waals surface area contributed by atoms with Crippen molar-refractivity contribution in [2.75, 3.05) is 7.11 Å². The highest BCUT2D eigenvalue weighted by Gasteiger charge is 2.02. The Bertz CT molecular complexity index is 835. The molecule has 0 amide bonds. The summed E-state index contributed by atoms with van der Waals surface area (Å²) in [5.74, 6) is 2.39. The van der Waals surface area contributed by atoms with E-state index in [9.17, 15) is 4.79 Å². The van der Waals surface area contributed by atoms with Gasteiger partial charge in [0.05, 0.1) is 7.11 Å². The molecule has 0 aliphatic rings. The number of benzene rings is 3. The van der Waals surface area contributed by atoms with Crippen molar-refractivity contribution in [1.29, 1.82) is 0 Å². The fraction of sp³-hybridized carbons (Fsp3) is 0.0952. The number of carbonyl (C=O) groups excluding carboxylic acids is 1. The Kier molecular flexibility index (Phi) is 5.00. The lowest BCUT2D eigenvalue weighted by Gasteiger charge is -2.08. The zero-order chi connectivity index (χ0) is 17.6. The molecule has 0 fully saturated rings. The third kappa shape index (κ3) is 4.38. The second kappa shape index (κ2) is 7.53. The van der Waals surface area contributed by atoms with E-state index in [4.69, 9.17) is 14.2 Å². The Hall–Kier alpha value is -3.27. The maximum absolute atomic E-state index is 10.9. The van der Waals surface area contributed by atoms with E-state index >= 15 is 0 Å². The molecule has 0 aliphatic heterocycles. The maximum Gasteiger partial charge on any atom is 0.308 e. The first-order valence-corrected chi connectivity index (χ1v) is 7.85. The minimum absolute atomic E-state index is 0.345. The van der Waals surface area contributed by atoms with Gasteiger partial charge in [-0.15, -0.1) is 0 Å². The molecule has 3 aromatic carbocycles. The molecule has 4 heteroatoms. The van der Waals surface area contributed by atoms with E-state index in [0.717, 1.165) is 22.6 Å². The molecule has 0 heterocycles. The summed E-state index contributed by atoms with van der Waals surface area (Å²) in [7, 11) is 1.65. The van der Waals surface area contributed by atoms with Crippen molar-refractivity contribution < 1.29 is 19.0 Å². The molecule has 0 spiro atoms. The van der Waals surface area contributed by atoms with Gasteiger partial charge < -0.3 is 14.2 Å². The number of esters is 1. The Balaban J connectivity index is 1.68. The van der Waals surface area contributed by atoms with Crippen LogP contribution in [0, 0.1) is 0 Å². The topological polar surface area (TPSA) is 44.8 Å². The van der Waals surface area contributed by atoms with E-state index in [2.05, 4.69) is 0 Å². The summed E-state index contributed by atoms with van der Waals surface area (Å²) >= 11 is 0. The second-order valence-corrected chi connectivity index (χ2v) is 5.42. The van der Waals surface area contributed by atoms with Gasteiger partial charge in [-0.05, 0) is 59.7 Å². The molecule has 126 valence electrons. The summed E-state index contributed by atoms with van der Waals surface area (Å²) in [5, 5.41) is 0. The zero-order valence-corrected chi connectivity index (χ0v) is 14.1. The van der Waals surface area contributed by atoms with Crippen molar-refractivity contribution in [2.45, 2.75) is 6.92 Å². The molecular weight excluding hydrogens is 316 g/mol. The summed E-state index contributed by atoms with van der Waals surface area (Å²) in [6.07, 6.45) is 0. The number of carbonyl (C=O) groups is 1. The Morgan fingerprint density at radius 3 is 1.48 bits per heavy atom. The highest BCUT2D eigenvalue weighted by Crippen LogP contribution is 2.28. The average molecular weight is 334 g/mol. The van der Waals surface area contributed by atoms with Crippen molar-refractivity contribution >= 4 is 5.97 Å². The first-order valence-electron chi connectivity index (χ1n) is 7.85. The fourth-order valence-corrected chi connectivity index (χ4v) is 2.38. The van der Waals surface area contributed by atoms with Crippen molar-refractivity contribution in [2.24, 2.45) is 0 Å². The minimum Gasteiger partial charge on any atom is -0.497 e. The predicted molar refractivity (Wildman–Crippen MR) is 96.3 cm³/mol. The van der Waals surface area contributed by atoms with Gasteiger partial charge in [0.25, 0.3) is 0 Å². The lowest BCUT2D eigenvalue weighted by Crippen LogP contribution is -2.00. The summed E-state index contributed by atoms with van der Waals surface area (Å²) in [6, 6.07) is 22.7. The van der Waals surface area contributed by atoms with E-state index < -0.39 is 0 Å². The third-order valence-electron chi connectivity index (χ3n) is 3.60. The lowest BCUT2D eigenvalue weighted by atomic mass is 10.1. The molecule has 0 aromatic heterocycles. The van der Waals surface area contributed by atoms with Crippen LogP contribution in [-0.4, -0.2) is 13.1 Å². The average Bonchev–Trinajstić information content (AvgIpc) is 2.64. The molecule has 0 saturated heterocycles. The van der Waals surface area contributed by atoms with Gasteiger partial charge in [0, 0.05) is 6.92 Å². The van der Waals surface area contributed by atoms with Crippen LogP contribution in [0.25, 0.3) is 11.1 Å². The van der Waals surface area contributed by atoms with Crippen LogP contribution in [0.1, 0.15) is 6.92 Å². The molecule has 0 atom stereocenters. The van der Waals surface area contributed by atoms with Crippen LogP contribution in [0.15, 0.2) is 72.8 Å². The van der Waals surface area contributed by atoms with Crippen molar-refractivity contribution in [3.63, 3.8) is 0 Å². The van der Waals surface area contributed by atoms with Gasteiger partial charge in [0.15, 0.2) is 0 Å². The lowest BCUT2D eigenvalue weighted by molar-refractivity contribution is -0.131. The van der Waals surface area contributed by atoms with E-state index in [-0.39, 0.29) is 5.97 Å². The van der Waals surface area contributed by atoms with Gasteiger partial charge in [-0.3, -0.25) is 4.79 Å². The molecule has 3 rings (SSSR count). The summed E-state index contributed by atoms with van der Waals surface area (Å²) in [6.45, 7) is 1.37. The van der Waals surface area contributed by atoms with Crippen LogP contribution in [-0.2, 0) is 4.79 Å². The Labute approximate surface area is 146 Å². The van der Waals surface area contributed by atoms with Crippen LogP contribution in [0.3, 0.4) is 0 Å². The molecule has 25 heavy (non-hydrogen) atoms. The van der Waals surface area contributed by atoms with Crippen molar-refractivity contribution in [3.05, 3.63) is 72.8 Å². The molecule has 0 radical (unpaired) electrons. The van der Waals surface area contributed by atoms with E-state index in [1.807, 2.05) is 48.5 Å². The second-order valence-electron chi connectivity index (χ2n) is 5.42. The molecule has 0 unspecified atom stereocenters. The largest absolute Gasteiger partial charge is 0.497 e. The van der Waals surface area contributed by atoms with Gasteiger partial charge in [0.1, 0.15) is 23.0 Å². The van der Waals surface area contributed by atoms with Gasteiger partial charge in [-0.1, -0.05) is 24.3 Å². The van der Waals surface area contributed by atoms with Gasteiger partial charge in [0.2, 0.25) is 0 Å². The summed E-state index contributed by atoms with van der Waals surface area (Å²) in [5.41, 5.74) is 2.21. The molecule has 0 saturated carbocycles. The van der Waals surface area contributed by atoms with Crippen LogP contribution in [0.2, 0.25) is 0 Å². The molecule has 0 N–H and O–H groups in total. The van der Waals surface area contributed by atoms with Gasteiger partial charge in [-0.2, -0.15) is 0 Å². The number of hydrogen-bond acceptors (Lipinski definition) is 4. The maximum atomic E-state index is 10.9.